The highest BCUT2D eigenvalue weighted by Gasteiger charge is 2.34. The van der Waals surface area contributed by atoms with E-state index in [1.54, 1.807) is 13.8 Å². The number of nitrogens with zero attached hydrogens (tertiary/aromatic N) is 1. The Morgan fingerprint density at radius 1 is 1.58 bits per heavy atom. The number of hydrogen-bond donors (Lipinski definition) is 1. The second kappa shape index (κ2) is 3.39. The zero-order chi connectivity index (χ0) is 9.30. The van der Waals surface area contributed by atoms with Crippen LogP contribution in [0.2, 0.25) is 0 Å². The fraction of sp³-hybridized carbons (Fsp3) is 0.875. The van der Waals surface area contributed by atoms with E-state index in [2.05, 4.69) is 0 Å². The number of hydrogen-bond acceptors (Lipinski definition) is 2. The fourth-order valence-corrected chi connectivity index (χ4v) is 1.08. The topological polar surface area (TPSA) is 40.5 Å². The van der Waals surface area contributed by atoms with Crippen LogP contribution in [0.5, 0.6) is 0 Å². The summed E-state index contributed by atoms with van der Waals surface area (Å²) in [5, 5.41) is 9.30. The molecule has 4 heteroatoms. The third-order valence-electron chi connectivity index (χ3n) is 2.03. The van der Waals surface area contributed by atoms with E-state index < -0.39 is 12.3 Å². The van der Waals surface area contributed by atoms with Gasteiger partial charge in [0.15, 0.2) is 0 Å². The summed E-state index contributed by atoms with van der Waals surface area (Å²) in [5.41, 5.74) is 0. The van der Waals surface area contributed by atoms with Gasteiger partial charge < -0.3 is 10.0 Å². The molecule has 0 radical (unpaired) electrons. The zero-order valence-electron chi connectivity index (χ0n) is 7.33. The van der Waals surface area contributed by atoms with Crippen molar-refractivity contribution in [3.05, 3.63) is 0 Å². The molecule has 1 fully saturated rings. The number of halogens is 1. The van der Waals surface area contributed by atoms with Crippen molar-refractivity contribution in [3.63, 3.8) is 0 Å². The molecule has 1 atom stereocenters. The van der Waals surface area contributed by atoms with E-state index in [9.17, 15) is 14.3 Å². The first-order chi connectivity index (χ1) is 5.52. The van der Waals surface area contributed by atoms with Crippen LogP contribution in [0.3, 0.4) is 0 Å². The molecule has 0 aromatic rings. The monoisotopic (exact) mass is 175 g/mol. The zero-order valence-corrected chi connectivity index (χ0v) is 7.33. The molecular weight excluding hydrogens is 161 g/mol. The van der Waals surface area contributed by atoms with Gasteiger partial charge in [0.1, 0.15) is 12.3 Å². The Balaban J connectivity index is 2.38. The Morgan fingerprint density at radius 3 is 2.42 bits per heavy atom. The minimum atomic E-state index is -0.975. The number of aliphatic hydroxyl groups is 1. The molecule has 1 saturated heterocycles. The lowest BCUT2D eigenvalue weighted by atomic mass is 10.0. The summed E-state index contributed by atoms with van der Waals surface area (Å²) in [6.45, 7) is 3.80. The molecule has 0 bridgehead atoms. The largest absolute Gasteiger partial charge is 0.383 e. The van der Waals surface area contributed by atoms with Crippen LogP contribution in [0.1, 0.15) is 13.8 Å². The summed E-state index contributed by atoms with van der Waals surface area (Å²) in [4.78, 5) is 12.6. The van der Waals surface area contributed by atoms with Crippen LogP contribution < -0.4 is 0 Å². The molecule has 1 rings (SSSR count). The first-order valence-electron chi connectivity index (χ1n) is 4.13. The van der Waals surface area contributed by atoms with Crippen LogP contribution in [0.25, 0.3) is 0 Å². The molecule has 1 amide bonds. The number of rotatable bonds is 2. The third-order valence-corrected chi connectivity index (χ3v) is 2.03. The molecule has 0 spiro atoms. The SMILES string of the molecule is CC(C)[C@H](O)C(=O)N1CC(F)C1. The lowest BCUT2D eigenvalue weighted by Gasteiger charge is -2.36. The van der Waals surface area contributed by atoms with Crippen molar-refractivity contribution in [2.24, 2.45) is 5.92 Å². The molecule has 0 saturated carbocycles. The molecule has 1 heterocycles. The van der Waals surface area contributed by atoms with Gasteiger partial charge in [-0.15, -0.1) is 0 Å². The van der Waals surface area contributed by atoms with Gasteiger partial charge in [0.25, 0.3) is 5.91 Å². The highest BCUT2D eigenvalue weighted by Crippen LogP contribution is 2.15. The molecule has 1 aliphatic heterocycles. The average Bonchev–Trinajstić information content (AvgIpc) is 1.95. The van der Waals surface area contributed by atoms with Gasteiger partial charge in [-0.3, -0.25) is 4.79 Å². The highest BCUT2D eigenvalue weighted by molar-refractivity contribution is 5.81. The van der Waals surface area contributed by atoms with E-state index >= 15 is 0 Å². The standard InChI is InChI=1S/C8H14FNO2/c1-5(2)7(11)8(12)10-3-6(9)4-10/h5-7,11H,3-4H2,1-2H3/t7-/m0/s1. The number of carbonyl (C=O) groups excluding carboxylic acids is 1. The van der Waals surface area contributed by atoms with Crippen molar-refractivity contribution >= 4 is 5.91 Å². The molecule has 0 aromatic heterocycles. The first-order valence-corrected chi connectivity index (χ1v) is 4.13. The van der Waals surface area contributed by atoms with Gasteiger partial charge in [0.2, 0.25) is 0 Å². The van der Waals surface area contributed by atoms with Gasteiger partial charge in [-0.1, -0.05) is 13.8 Å². The summed E-state index contributed by atoms with van der Waals surface area (Å²) in [6.07, 6.45) is -1.87. The van der Waals surface area contributed by atoms with Crippen molar-refractivity contribution in [2.45, 2.75) is 26.1 Å². The molecule has 12 heavy (non-hydrogen) atoms. The molecule has 0 unspecified atom stereocenters. The highest BCUT2D eigenvalue weighted by atomic mass is 19.1. The van der Waals surface area contributed by atoms with Crippen LogP contribution >= 0.6 is 0 Å². The van der Waals surface area contributed by atoms with Gasteiger partial charge in [-0.2, -0.15) is 0 Å². The van der Waals surface area contributed by atoms with Crippen molar-refractivity contribution in [1.82, 2.24) is 4.90 Å². The van der Waals surface area contributed by atoms with E-state index in [0.29, 0.717) is 0 Å². The Labute approximate surface area is 71.2 Å². The van der Waals surface area contributed by atoms with Crippen molar-refractivity contribution in [3.8, 4) is 0 Å². The van der Waals surface area contributed by atoms with Crippen LogP contribution in [0.15, 0.2) is 0 Å². The van der Waals surface area contributed by atoms with Gasteiger partial charge in [-0.25, -0.2) is 4.39 Å². The maximum absolute atomic E-state index is 12.3. The molecule has 0 aromatic carbocycles. The van der Waals surface area contributed by atoms with Gasteiger partial charge in [0, 0.05) is 0 Å². The van der Waals surface area contributed by atoms with E-state index in [1.165, 1.54) is 4.90 Å². The van der Waals surface area contributed by atoms with Crippen molar-refractivity contribution in [2.75, 3.05) is 13.1 Å². The molecule has 3 nitrogen and oxygen atoms in total. The minimum Gasteiger partial charge on any atom is -0.383 e. The Hall–Kier alpha value is -0.640. The van der Waals surface area contributed by atoms with Crippen LogP contribution in [-0.4, -0.2) is 41.3 Å². The smallest absolute Gasteiger partial charge is 0.251 e. The van der Waals surface area contributed by atoms with E-state index in [-0.39, 0.29) is 24.9 Å². The Morgan fingerprint density at radius 2 is 2.08 bits per heavy atom. The number of likely N-dealkylation sites (tertiary alicyclic amines) is 1. The van der Waals surface area contributed by atoms with E-state index in [0.717, 1.165) is 0 Å². The first kappa shape index (κ1) is 9.45. The third kappa shape index (κ3) is 1.75. The fourth-order valence-electron chi connectivity index (χ4n) is 1.08. The molecule has 1 N–H and O–H groups in total. The maximum Gasteiger partial charge on any atom is 0.251 e. The van der Waals surface area contributed by atoms with Gasteiger partial charge in [0.05, 0.1) is 13.1 Å². The number of alkyl halides is 1. The normalized spacial score (nSPS) is 20.9. The minimum absolute atomic E-state index is 0.101. The lowest BCUT2D eigenvalue weighted by Crippen LogP contribution is -2.55. The van der Waals surface area contributed by atoms with Crippen LogP contribution in [0.4, 0.5) is 4.39 Å². The Bertz CT molecular complexity index is 178. The molecule has 1 aliphatic rings. The predicted molar refractivity (Wildman–Crippen MR) is 42.3 cm³/mol. The number of aliphatic hydroxyl groups excluding tert-OH is 1. The van der Waals surface area contributed by atoms with Crippen molar-refractivity contribution < 1.29 is 14.3 Å². The quantitative estimate of drug-likeness (QED) is 0.650. The van der Waals surface area contributed by atoms with Crippen LogP contribution in [-0.2, 0) is 4.79 Å². The molecule has 0 aliphatic carbocycles. The second-order valence-electron chi connectivity index (χ2n) is 3.53. The van der Waals surface area contributed by atoms with Gasteiger partial charge >= 0.3 is 0 Å². The maximum atomic E-state index is 12.3. The van der Waals surface area contributed by atoms with Crippen LogP contribution in [0, 0.1) is 5.92 Å². The average molecular weight is 175 g/mol. The number of carbonyl (C=O) groups is 1. The lowest BCUT2D eigenvalue weighted by molar-refractivity contribution is -0.149. The summed E-state index contributed by atoms with van der Waals surface area (Å²) < 4.78 is 12.3. The predicted octanol–water partition coefficient (Wildman–Crippen LogP) is 0.184. The van der Waals surface area contributed by atoms with Crippen molar-refractivity contribution in [1.29, 1.82) is 0 Å². The van der Waals surface area contributed by atoms with Gasteiger partial charge in [-0.05, 0) is 5.92 Å². The number of amides is 1. The summed E-state index contributed by atoms with van der Waals surface area (Å²) in [7, 11) is 0. The summed E-state index contributed by atoms with van der Waals surface area (Å²) in [5.74, 6) is -0.449. The summed E-state index contributed by atoms with van der Waals surface area (Å²) in [6, 6.07) is 0. The van der Waals surface area contributed by atoms with E-state index in [4.69, 9.17) is 0 Å². The second-order valence-corrected chi connectivity index (χ2v) is 3.53. The summed E-state index contributed by atoms with van der Waals surface area (Å²) >= 11 is 0. The molecule has 70 valence electrons. The molecular formula is C8H14FNO2. The van der Waals surface area contributed by atoms with E-state index in [1.807, 2.05) is 0 Å². The Kier molecular flexibility index (Phi) is 2.67.